The normalized spacial score (nSPS) is 21.9. The lowest BCUT2D eigenvalue weighted by molar-refractivity contribution is -0.192. The molecule has 33 heavy (non-hydrogen) atoms. The highest BCUT2D eigenvalue weighted by Crippen LogP contribution is 2.49. The van der Waals surface area contributed by atoms with Crippen molar-refractivity contribution < 1.29 is 27.8 Å². The molecule has 1 saturated carbocycles. The second-order valence-electron chi connectivity index (χ2n) is 8.59. The highest BCUT2D eigenvalue weighted by atomic mass is 19.4. The number of carbonyl (C=O) groups is 1. The maximum absolute atomic E-state index is 10.6. The lowest BCUT2D eigenvalue weighted by Crippen LogP contribution is -2.47. The van der Waals surface area contributed by atoms with Crippen LogP contribution in [0.3, 0.4) is 0 Å². The first kappa shape index (κ1) is 25.0. The molecular weight excluding hydrogens is 437 g/mol. The number of aliphatic carboxylic acids is 1. The van der Waals surface area contributed by atoms with E-state index in [0.29, 0.717) is 0 Å². The Morgan fingerprint density at radius 3 is 2.48 bits per heavy atom. The van der Waals surface area contributed by atoms with Crippen LogP contribution in [0.1, 0.15) is 56.3 Å². The summed E-state index contributed by atoms with van der Waals surface area (Å²) in [6.07, 6.45) is 8.49. The first-order valence-corrected chi connectivity index (χ1v) is 11.1. The minimum Gasteiger partial charge on any atom is -0.475 e. The van der Waals surface area contributed by atoms with Gasteiger partial charge in [0.15, 0.2) is 0 Å². The second kappa shape index (κ2) is 11.0. The maximum atomic E-state index is 10.6. The van der Waals surface area contributed by atoms with Gasteiger partial charge in [0, 0.05) is 36.7 Å². The number of pyridine rings is 1. The van der Waals surface area contributed by atoms with Gasteiger partial charge >= 0.3 is 12.1 Å². The molecule has 0 amide bonds. The van der Waals surface area contributed by atoms with Gasteiger partial charge in [0.05, 0.1) is 11.3 Å². The van der Waals surface area contributed by atoms with Gasteiger partial charge in [0.1, 0.15) is 6.33 Å². The van der Waals surface area contributed by atoms with Crippen molar-refractivity contribution in [2.75, 3.05) is 13.2 Å². The number of aromatic nitrogens is 3. The van der Waals surface area contributed by atoms with Crippen molar-refractivity contribution in [1.82, 2.24) is 20.3 Å². The highest BCUT2D eigenvalue weighted by Gasteiger charge is 2.48. The monoisotopic (exact) mass is 466 g/mol. The van der Waals surface area contributed by atoms with Gasteiger partial charge in [-0.25, -0.2) is 14.8 Å². The van der Waals surface area contributed by atoms with Gasteiger partial charge < -0.3 is 15.2 Å². The summed E-state index contributed by atoms with van der Waals surface area (Å²) in [6, 6.07) is 8.30. The van der Waals surface area contributed by atoms with E-state index in [1.165, 1.54) is 31.4 Å². The fraction of sp³-hybridized carbons (Fsp3) is 0.565. The van der Waals surface area contributed by atoms with E-state index in [1.54, 1.807) is 12.5 Å². The summed E-state index contributed by atoms with van der Waals surface area (Å²) in [5.74, 6) is -2.76. The van der Waals surface area contributed by atoms with Crippen LogP contribution in [0.2, 0.25) is 0 Å². The number of nitrogens with one attached hydrogen (secondary N) is 1. The summed E-state index contributed by atoms with van der Waals surface area (Å²) in [5, 5.41) is 10.7. The third-order valence-electron chi connectivity index (χ3n) is 6.34. The summed E-state index contributed by atoms with van der Waals surface area (Å²) in [4.78, 5) is 21.9. The zero-order chi connectivity index (χ0) is 23.8. The average molecular weight is 467 g/mol. The fourth-order valence-corrected chi connectivity index (χ4v) is 4.76. The van der Waals surface area contributed by atoms with Gasteiger partial charge in [-0.05, 0) is 56.8 Å². The molecule has 7 nitrogen and oxygen atoms in total. The fourth-order valence-electron chi connectivity index (χ4n) is 4.76. The summed E-state index contributed by atoms with van der Waals surface area (Å²) >= 11 is 0. The molecule has 1 spiro atoms. The lowest BCUT2D eigenvalue weighted by Gasteiger charge is -2.46. The van der Waals surface area contributed by atoms with Crippen LogP contribution < -0.4 is 5.32 Å². The Balaban J connectivity index is 0.000000383. The van der Waals surface area contributed by atoms with Crippen molar-refractivity contribution in [1.29, 1.82) is 0 Å². The first-order chi connectivity index (χ1) is 15.7. The van der Waals surface area contributed by atoms with E-state index in [9.17, 15) is 13.2 Å². The Morgan fingerprint density at radius 2 is 1.88 bits per heavy atom. The van der Waals surface area contributed by atoms with Crippen LogP contribution in [0.4, 0.5) is 13.2 Å². The summed E-state index contributed by atoms with van der Waals surface area (Å²) in [6.45, 7) is 2.58. The molecule has 2 fully saturated rings. The Labute approximate surface area is 190 Å². The van der Waals surface area contributed by atoms with Gasteiger partial charge in [-0.1, -0.05) is 18.9 Å². The Bertz CT molecular complexity index is 878. The zero-order valence-electron chi connectivity index (χ0n) is 18.4. The number of alkyl halides is 3. The number of ether oxygens (including phenoxy) is 1. The molecule has 3 heterocycles. The molecule has 0 aromatic carbocycles. The van der Waals surface area contributed by atoms with Crippen LogP contribution in [0.15, 0.2) is 43.0 Å². The van der Waals surface area contributed by atoms with Gasteiger partial charge in [-0.3, -0.25) is 4.98 Å². The Morgan fingerprint density at radius 1 is 1.12 bits per heavy atom. The van der Waals surface area contributed by atoms with Crippen LogP contribution >= 0.6 is 0 Å². The van der Waals surface area contributed by atoms with Crippen molar-refractivity contribution in [3.05, 3.63) is 54.4 Å². The third kappa shape index (κ3) is 6.94. The number of rotatable bonds is 6. The van der Waals surface area contributed by atoms with E-state index >= 15 is 0 Å². The minimum atomic E-state index is -5.08. The number of carboxylic acid groups (broad SMARTS) is 1. The highest BCUT2D eigenvalue weighted by molar-refractivity contribution is 5.73. The molecule has 2 N–H and O–H groups in total. The van der Waals surface area contributed by atoms with Crippen molar-refractivity contribution >= 4 is 5.97 Å². The molecule has 0 bridgehead atoms. The quantitative estimate of drug-likeness (QED) is 0.620. The molecule has 2 aromatic heterocycles. The van der Waals surface area contributed by atoms with Crippen LogP contribution in [-0.4, -0.2) is 51.0 Å². The van der Waals surface area contributed by atoms with Crippen LogP contribution in [0, 0.1) is 0 Å². The predicted molar refractivity (Wildman–Crippen MR) is 114 cm³/mol. The number of nitrogens with zero attached hydrogens (tertiary/aromatic N) is 3. The van der Waals surface area contributed by atoms with Crippen molar-refractivity contribution in [3.8, 4) is 0 Å². The van der Waals surface area contributed by atoms with Gasteiger partial charge in [0.25, 0.3) is 0 Å². The van der Waals surface area contributed by atoms with Crippen LogP contribution in [0.5, 0.6) is 0 Å². The summed E-state index contributed by atoms with van der Waals surface area (Å²) < 4.78 is 38.0. The van der Waals surface area contributed by atoms with E-state index in [0.717, 1.165) is 44.7 Å². The van der Waals surface area contributed by atoms with E-state index in [2.05, 4.69) is 27.4 Å². The molecular formula is C23H29F3N4O3. The third-order valence-corrected chi connectivity index (χ3v) is 6.34. The topological polar surface area (TPSA) is 97.2 Å². The lowest BCUT2D eigenvalue weighted by atomic mass is 9.68. The molecule has 2 aromatic rings. The number of hydrogen-bond acceptors (Lipinski definition) is 6. The second-order valence-corrected chi connectivity index (χ2v) is 8.59. The molecule has 2 aliphatic rings. The molecule has 180 valence electrons. The minimum absolute atomic E-state index is 0.0857. The number of halogens is 3. The molecule has 1 saturated heterocycles. The average Bonchev–Trinajstić information content (AvgIpc) is 3.25. The van der Waals surface area contributed by atoms with Gasteiger partial charge in [-0.2, -0.15) is 13.2 Å². The zero-order valence-corrected chi connectivity index (χ0v) is 18.4. The number of hydrogen-bond donors (Lipinski definition) is 2. The molecule has 10 heteroatoms. The van der Waals surface area contributed by atoms with Crippen molar-refractivity contribution in [2.24, 2.45) is 0 Å². The van der Waals surface area contributed by atoms with Crippen molar-refractivity contribution in [2.45, 2.75) is 68.7 Å². The van der Waals surface area contributed by atoms with Gasteiger partial charge in [-0.15, -0.1) is 0 Å². The molecule has 1 aliphatic carbocycles. The molecule has 0 unspecified atom stereocenters. The molecule has 1 atom stereocenters. The summed E-state index contributed by atoms with van der Waals surface area (Å²) in [5.41, 5.74) is 2.47. The largest absolute Gasteiger partial charge is 0.490 e. The van der Waals surface area contributed by atoms with E-state index in [1.807, 2.05) is 18.3 Å². The molecule has 4 rings (SSSR count). The van der Waals surface area contributed by atoms with E-state index < -0.39 is 12.1 Å². The Kier molecular flexibility index (Phi) is 8.36. The predicted octanol–water partition coefficient (Wildman–Crippen LogP) is 4.05. The smallest absolute Gasteiger partial charge is 0.475 e. The molecule has 1 aliphatic heterocycles. The summed E-state index contributed by atoms with van der Waals surface area (Å²) in [7, 11) is 0. The van der Waals surface area contributed by atoms with Crippen molar-refractivity contribution in [3.63, 3.8) is 0 Å². The SMILES string of the molecule is O=C(O)C(F)(F)F.c1ccc([C@]2(CCNCc3ccncn3)CCOC3(CCCC3)C2)nc1. The Hall–Kier alpha value is -2.59. The maximum Gasteiger partial charge on any atom is 0.490 e. The van der Waals surface area contributed by atoms with Crippen LogP contribution in [-0.2, 0) is 21.5 Å². The van der Waals surface area contributed by atoms with Gasteiger partial charge in [0.2, 0.25) is 0 Å². The van der Waals surface area contributed by atoms with E-state index in [4.69, 9.17) is 19.6 Å². The number of carboxylic acids is 1. The van der Waals surface area contributed by atoms with E-state index in [-0.39, 0.29) is 11.0 Å². The van der Waals surface area contributed by atoms with Crippen LogP contribution in [0.25, 0.3) is 0 Å². The standard InChI is InChI=1S/C21H28N4O.C2HF3O2/c1-4-11-24-19(5-1)20(9-13-22-15-18-6-12-23-17-25-18)10-14-26-21(16-20)7-2-3-8-21;3-2(4,5)1(6)7/h1,4-6,11-12,17,22H,2-3,7-10,13-16H2;(H,6,7)/t20-;/m1./s1. The molecule has 0 radical (unpaired) electrons. The first-order valence-electron chi connectivity index (χ1n) is 11.1.